The maximum Gasteiger partial charge on any atom is 0.176 e. The van der Waals surface area contributed by atoms with Crippen LogP contribution < -0.4 is 9.64 Å². The first kappa shape index (κ1) is 14.9. The Morgan fingerprint density at radius 2 is 2.04 bits per heavy atom. The molecule has 0 aliphatic carbocycles. The molecule has 0 saturated carbocycles. The second kappa shape index (κ2) is 5.78. The molecule has 6 nitrogen and oxygen atoms in total. The lowest BCUT2D eigenvalue weighted by Crippen LogP contribution is -2.25. The smallest absolute Gasteiger partial charge is 0.176 e. The highest BCUT2D eigenvalue weighted by Gasteiger charge is 2.32. The Morgan fingerprint density at radius 3 is 2.88 bits per heavy atom. The number of fused-ring (bicyclic) bond motifs is 1. The van der Waals surface area contributed by atoms with Crippen molar-refractivity contribution in [1.29, 1.82) is 0 Å². The van der Waals surface area contributed by atoms with Crippen LogP contribution in [0.2, 0.25) is 0 Å². The average Bonchev–Trinajstić information content (AvgIpc) is 3.15. The van der Waals surface area contributed by atoms with E-state index in [1.165, 1.54) is 5.56 Å². The number of anilines is 1. The highest BCUT2D eigenvalue weighted by atomic mass is 16.5. The fraction of sp³-hybridized carbons (Fsp3) is 0.389. The first-order valence-electron chi connectivity index (χ1n) is 8.25. The Hall–Kier alpha value is -2.63. The van der Waals surface area contributed by atoms with Crippen molar-refractivity contribution in [3.8, 4) is 5.75 Å². The Labute approximate surface area is 141 Å². The van der Waals surface area contributed by atoms with Crippen LogP contribution in [0.1, 0.15) is 30.8 Å². The third-order valence-electron chi connectivity index (χ3n) is 4.58. The van der Waals surface area contributed by atoms with Crippen LogP contribution in [-0.4, -0.2) is 33.5 Å². The van der Waals surface area contributed by atoms with Gasteiger partial charge in [0.25, 0.3) is 0 Å². The minimum Gasteiger partial charge on any atom is -0.497 e. The largest absolute Gasteiger partial charge is 0.497 e. The van der Waals surface area contributed by atoms with Gasteiger partial charge in [-0.15, -0.1) is 14.8 Å². The zero-order chi connectivity index (χ0) is 16.7. The zero-order valence-electron chi connectivity index (χ0n) is 14.2. The molecule has 3 aromatic rings. The molecule has 0 spiro atoms. The summed E-state index contributed by atoms with van der Waals surface area (Å²) in [5, 5.41) is 9.01. The summed E-state index contributed by atoms with van der Waals surface area (Å²) in [4.78, 5) is 6.71. The van der Waals surface area contributed by atoms with Gasteiger partial charge in [-0.2, -0.15) is 0 Å². The van der Waals surface area contributed by atoms with Crippen LogP contribution in [0, 0.1) is 12.8 Å². The second-order valence-electron chi connectivity index (χ2n) is 6.48. The molecule has 0 bridgehead atoms. The monoisotopic (exact) mass is 323 g/mol. The van der Waals surface area contributed by atoms with Gasteiger partial charge in [0.1, 0.15) is 11.6 Å². The maximum absolute atomic E-state index is 5.39. The lowest BCUT2D eigenvalue weighted by Gasteiger charge is -2.26. The van der Waals surface area contributed by atoms with Gasteiger partial charge in [-0.3, -0.25) is 0 Å². The van der Waals surface area contributed by atoms with Gasteiger partial charge in [0.15, 0.2) is 11.5 Å². The molecule has 4 rings (SSSR count). The van der Waals surface area contributed by atoms with E-state index in [0.717, 1.165) is 36.0 Å². The second-order valence-corrected chi connectivity index (χ2v) is 6.48. The molecular weight excluding hydrogens is 302 g/mol. The predicted molar refractivity (Wildman–Crippen MR) is 92.4 cm³/mol. The van der Waals surface area contributed by atoms with Crippen LogP contribution in [0.15, 0.2) is 36.4 Å². The van der Waals surface area contributed by atoms with Crippen LogP contribution in [0.3, 0.4) is 0 Å². The van der Waals surface area contributed by atoms with E-state index in [-0.39, 0.29) is 0 Å². The third-order valence-corrected chi connectivity index (χ3v) is 4.58. The lowest BCUT2D eigenvalue weighted by atomic mass is 10.0. The van der Waals surface area contributed by atoms with E-state index >= 15 is 0 Å². The van der Waals surface area contributed by atoms with Gasteiger partial charge >= 0.3 is 0 Å². The van der Waals surface area contributed by atoms with Crippen molar-refractivity contribution in [2.24, 2.45) is 5.92 Å². The van der Waals surface area contributed by atoms with Crippen LogP contribution in [-0.2, 0) is 0 Å². The molecule has 6 heteroatoms. The fourth-order valence-corrected chi connectivity index (χ4v) is 3.50. The van der Waals surface area contributed by atoms with E-state index in [1.807, 2.05) is 31.2 Å². The van der Waals surface area contributed by atoms with E-state index < -0.39 is 0 Å². The number of ether oxygens (including phenoxy) is 1. The van der Waals surface area contributed by atoms with Gasteiger partial charge in [0.05, 0.1) is 13.2 Å². The SMILES string of the molecule is COc1cccc(C2CC(C)CN2c2ccc3nc(C)nn3n2)c1. The molecular formula is C18H21N5O. The van der Waals surface area contributed by atoms with Crippen molar-refractivity contribution in [2.45, 2.75) is 26.3 Å². The molecule has 2 aromatic heterocycles. The van der Waals surface area contributed by atoms with Crippen LogP contribution in [0.5, 0.6) is 5.75 Å². The maximum atomic E-state index is 5.39. The van der Waals surface area contributed by atoms with Crippen LogP contribution in [0.25, 0.3) is 5.65 Å². The molecule has 2 unspecified atom stereocenters. The molecule has 0 amide bonds. The first-order valence-corrected chi connectivity index (χ1v) is 8.25. The molecule has 1 saturated heterocycles. The van der Waals surface area contributed by atoms with Crippen LogP contribution >= 0.6 is 0 Å². The van der Waals surface area contributed by atoms with Gasteiger partial charge in [-0.05, 0) is 49.1 Å². The number of hydrogen-bond acceptors (Lipinski definition) is 5. The Kier molecular flexibility index (Phi) is 3.59. The van der Waals surface area contributed by atoms with Crippen molar-refractivity contribution in [3.05, 3.63) is 47.8 Å². The topological polar surface area (TPSA) is 55.5 Å². The van der Waals surface area contributed by atoms with Gasteiger partial charge in [-0.25, -0.2) is 4.98 Å². The summed E-state index contributed by atoms with van der Waals surface area (Å²) >= 11 is 0. The van der Waals surface area contributed by atoms with Gasteiger partial charge in [0, 0.05) is 6.54 Å². The molecule has 124 valence electrons. The molecule has 1 aliphatic rings. The zero-order valence-corrected chi connectivity index (χ0v) is 14.2. The van der Waals surface area contributed by atoms with E-state index in [2.05, 4.69) is 39.1 Å². The number of nitrogens with zero attached hydrogens (tertiary/aromatic N) is 5. The van der Waals surface area contributed by atoms with E-state index in [1.54, 1.807) is 11.7 Å². The first-order chi connectivity index (χ1) is 11.6. The van der Waals surface area contributed by atoms with Crippen LogP contribution in [0.4, 0.5) is 5.82 Å². The van der Waals surface area contributed by atoms with E-state index in [4.69, 9.17) is 4.74 Å². The van der Waals surface area contributed by atoms with E-state index in [0.29, 0.717) is 12.0 Å². The summed E-state index contributed by atoms with van der Waals surface area (Å²) in [7, 11) is 1.71. The summed E-state index contributed by atoms with van der Waals surface area (Å²) in [6, 6.07) is 12.6. The fourth-order valence-electron chi connectivity index (χ4n) is 3.50. The number of aromatic nitrogens is 4. The molecule has 2 atom stereocenters. The highest BCUT2D eigenvalue weighted by Crippen LogP contribution is 2.38. The van der Waals surface area contributed by atoms with Crippen molar-refractivity contribution in [3.63, 3.8) is 0 Å². The average molecular weight is 323 g/mol. The molecule has 1 aromatic carbocycles. The predicted octanol–water partition coefficient (Wildman–Crippen LogP) is 3.03. The van der Waals surface area contributed by atoms with Crippen molar-refractivity contribution < 1.29 is 4.74 Å². The highest BCUT2D eigenvalue weighted by molar-refractivity contribution is 5.49. The van der Waals surface area contributed by atoms with Crippen molar-refractivity contribution >= 4 is 11.5 Å². The molecule has 3 heterocycles. The summed E-state index contributed by atoms with van der Waals surface area (Å²) in [5.41, 5.74) is 2.04. The molecule has 0 radical (unpaired) electrons. The minimum atomic E-state index is 0.296. The minimum absolute atomic E-state index is 0.296. The van der Waals surface area contributed by atoms with Crippen molar-refractivity contribution in [1.82, 2.24) is 19.8 Å². The van der Waals surface area contributed by atoms with Crippen molar-refractivity contribution in [2.75, 3.05) is 18.6 Å². The molecule has 0 N–H and O–H groups in total. The number of rotatable bonds is 3. The molecule has 1 fully saturated rings. The summed E-state index contributed by atoms with van der Waals surface area (Å²) < 4.78 is 7.01. The quantitative estimate of drug-likeness (QED) is 0.741. The van der Waals surface area contributed by atoms with Gasteiger partial charge in [-0.1, -0.05) is 19.1 Å². The number of hydrogen-bond donors (Lipinski definition) is 0. The van der Waals surface area contributed by atoms with Gasteiger partial charge in [0.2, 0.25) is 0 Å². The third kappa shape index (κ3) is 2.58. The number of aryl methyl sites for hydroxylation is 1. The Balaban J connectivity index is 1.73. The van der Waals surface area contributed by atoms with E-state index in [9.17, 15) is 0 Å². The molecule has 1 aliphatic heterocycles. The molecule has 24 heavy (non-hydrogen) atoms. The number of benzene rings is 1. The lowest BCUT2D eigenvalue weighted by molar-refractivity contribution is 0.413. The normalized spacial score (nSPS) is 20.7. The Bertz CT molecular complexity index is 875. The number of methoxy groups -OCH3 is 1. The van der Waals surface area contributed by atoms with Gasteiger partial charge < -0.3 is 9.64 Å². The standard InChI is InChI=1S/C18H21N5O/c1-12-9-16(14-5-4-6-15(10-14)24-3)22(11-12)18-8-7-17-19-13(2)20-23(17)21-18/h4-8,10,12,16H,9,11H2,1-3H3. The summed E-state index contributed by atoms with van der Waals surface area (Å²) in [6.45, 7) is 5.14. The summed E-state index contributed by atoms with van der Waals surface area (Å²) in [5.74, 6) is 3.17. The Morgan fingerprint density at radius 1 is 1.17 bits per heavy atom. The summed E-state index contributed by atoms with van der Waals surface area (Å²) in [6.07, 6.45) is 1.10.